The Labute approximate surface area is 104 Å². The molecular formula is C12H14N2O2S. The average Bonchev–Trinajstić information content (AvgIpc) is 2.78. The van der Waals surface area contributed by atoms with Gasteiger partial charge in [0, 0.05) is 30.3 Å². The predicted octanol–water partition coefficient (Wildman–Crippen LogP) is 1.52. The summed E-state index contributed by atoms with van der Waals surface area (Å²) in [5, 5.41) is 2.09. The normalized spacial score (nSPS) is 30.2. The highest BCUT2D eigenvalue weighted by molar-refractivity contribution is 8.02. The Hall–Kier alpha value is -1.23. The molecule has 17 heavy (non-hydrogen) atoms. The van der Waals surface area contributed by atoms with E-state index < -0.39 is 0 Å². The summed E-state index contributed by atoms with van der Waals surface area (Å²) in [6, 6.07) is 0. The molecule has 2 amide bonds. The summed E-state index contributed by atoms with van der Waals surface area (Å²) < 4.78 is 0. The number of hydrogen-bond donors (Lipinski definition) is 0. The fourth-order valence-corrected chi connectivity index (χ4v) is 3.62. The van der Waals surface area contributed by atoms with Crippen LogP contribution in [0, 0.1) is 5.41 Å². The summed E-state index contributed by atoms with van der Waals surface area (Å²) in [5.41, 5.74) is 1.30. The lowest BCUT2D eigenvalue weighted by Crippen LogP contribution is -2.45. The number of allylic oxidation sites excluding steroid dienone is 1. The Balaban J connectivity index is 1.80. The first kappa shape index (κ1) is 10.9. The Kier molecular flexibility index (Phi) is 2.17. The second kappa shape index (κ2) is 3.38. The number of amides is 2. The molecule has 0 N–H and O–H groups in total. The molecule has 1 unspecified atom stereocenters. The van der Waals surface area contributed by atoms with Gasteiger partial charge in [0.15, 0.2) is 5.50 Å². The Bertz CT molecular complexity index is 447. The van der Waals surface area contributed by atoms with Crippen LogP contribution in [-0.4, -0.2) is 34.2 Å². The minimum absolute atomic E-state index is 0.211. The van der Waals surface area contributed by atoms with Crippen molar-refractivity contribution in [3.05, 3.63) is 23.3 Å². The standard InChI is InChI=1S/C12H14N2O2S/c1-12(5-6-12)8-7-17-11(13(8)2)14-9(15)3-4-10(14)16/h3-4,7,11H,5-6H2,1-2H3. The highest BCUT2D eigenvalue weighted by atomic mass is 32.2. The van der Waals surface area contributed by atoms with Crippen molar-refractivity contribution in [1.29, 1.82) is 0 Å². The van der Waals surface area contributed by atoms with Crippen molar-refractivity contribution in [2.45, 2.75) is 25.3 Å². The van der Waals surface area contributed by atoms with Crippen molar-refractivity contribution in [2.24, 2.45) is 5.41 Å². The van der Waals surface area contributed by atoms with E-state index in [9.17, 15) is 9.59 Å². The van der Waals surface area contributed by atoms with Gasteiger partial charge in [0.25, 0.3) is 11.8 Å². The predicted molar refractivity (Wildman–Crippen MR) is 65.6 cm³/mol. The summed E-state index contributed by atoms with van der Waals surface area (Å²) in [5.74, 6) is -0.426. The van der Waals surface area contributed by atoms with E-state index >= 15 is 0 Å². The third kappa shape index (κ3) is 1.52. The van der Waals surface area contributed by atoms with Gasteiger partial charge in [-0.15, -0.1) is 0 Å². The molecule has 0 aromatic heterocycles. The van der Waals surface area contributed by atoms with Crippen LogP contribution in [0.1, 0.15) is 19.8 Å². The van der Waals surface area contributed by atoms with Gasteiger partial charge in [-0.2, -0.15) is 0 Å². The lowest BCUT2D eigenvalue weighted by Gasteiger charge is -2.32. The second-order valence-corrected chi connectivity index (χ2v) is 5.95. The van der Waals surface area contributed by atoms with Crippen LogP contribution in [0.5, 0.6) is 0 Å². The summed E-state index contributed by atoms with van der Waals surface area (Å²) >= 11 is 1.54. The second-order valence-electron chi connectivity index (χ2n) is 5.02. The Morgan fingerprint density at radius 2 is 1.88 bits per heavy atom. The first-order chi connectivity index (χ1) is 8.03. The third-order valence-electron chi connectivity index (χ3n) is 3.70. The Morgan fingerprint density at radius 3 is 2.41 bits per heavy atom. The zero-order chi connectivity index (χ0) is 12.2. The maximum absolute atomic E-state index is 11.6. The van der Waals surface area contributed by atoms with Gasteiger partial charge < -0.3 is 4.90 Å². The van der Waals surface area contributed by atoms with Gasteiger partial charge >= 0.3 is 0 Å². The van der Waals surface area contributed by atoms with Crippen LogP contribution in [0.4, 0.5) is 0 Å². The van der Waals surface area contributed by atoms with Gasteiger partial charge in [-0.25, -0.2) is 4.90 Å². The van der Waals surface area contributed by atoms with Gasteiger partial charge in [0.1, 0.15) is 0 Å². The number of carbonyl (C=O) groups is 2. The molecule has 3 aliphatic rings. The van der Waals surface area contributed by atoms with Crippen molar-refractivity contribution in [3.8, 4) is 0 Å². The first-order valence-corrected chi connectivity index (χ1v) is 6.61. The molecule has 0 aromatic rings. The van der Waals surface area contributed by atoms with Gasteiger partial charge in [-0.05, 0) is 18.2 Å². The zero-order valence-corrected chi connectivity index (χ0v) is 10.7. The number of carbonyl (C=O) groups excluding carboxylic acids is 2. The fourth-order valence-electron chi connectivity index (χ4n) is 2.29. The zero-order valence-electron chi connectivity index (χ0n) is 9.84. The average molecular weight is 250 g/mol. The summed E-state index contributed by atoms with van der Waals surface area (Å²) in [6.07, 6.45) is 5.06. The molecule has 1 atom stereocenters. The number of rotatable bonds is 2. The molecule has 2 heterocycles. The Morgan fingerprint density at radius 1 is 1.29 bits per heavy atom. The van der Waals surface area contributed by atoms with Crippen LogP contribution in [0.2, 0.25) is 0 Å². The van der Waals surface area contributed by atoms with Crippen LogP contribution < -0.4 is 0 Å². The van der Waals surface area contributed by atoms with Gasteiger partial charge in [-0.1, -0.05) is 18.7 Å². The highest BCUT2D eigenvalue weighted by Gasteiger charge is 2.48. The van der Waals surface area contributed by atoms with Gasteiger partial charge in [0.05, 0.1) is 0 Å². The van der Waals surface area contributed by atoms with Crippen molar-refractivity contribution >= 4 is 23.6 Å². The maximum atomic E-state index is 11.6. The van der Waals surface area contributed by atoms with Crippen LogP contribution in [-0.2, 0) is 9.59 Å². The molecule has 2 aliphatic heterocycles. The highest BCUT2D eigenvalue weighted by Crippen LogP contribution is 2.55. The van der Waals surface area contributed by atoms with E-state index in [0.29, 0.717) is 0 Å². The third-order valence-corrected chi connectivity index (χ3v) is 4.83. The summed E-state index contributed by atoms with van der Waals surface area (Å²) in [7, 11) is 1.96. The van der Waals surface area contributed by atoms with Gasteiger partial charge in [-0.3, -0.25) is 9.59 Å². The quantitative estimate of drug-likeness (QED) is 0.697. The number of imide groups is 1. The first-order valence-electron chi connectivity index (χ1n) is 5.67. The summed E-state index contributed by atoms with van der Waals surface area (Å²) in [6.45, 7) is 2.23. The van der Waals surface area contributed by atoms with Crippen molar-refractivity contribution in [2.75, 3.05) is 7.05 Å². The molecule has 0 spiro atoms. The molecule has 4 nitrogen and oxygen atoms in total. The molecule has 1 saturated carbocycles. The molecule has 3 rings (SSSR count). The number of nitrogens with zero attached hydrogens (tertiary/aromatic N) is 2. The van der Waals surface area contributed by atoms with E-state index in [1.165, 1.54) is 47.4 Å². The smallest absolute Gasteiger partial charge is 0.256 e. The van der Waals surface area contributed by atoms with E-state index in [0.717, 1.165) is 0 Å². The SMILES string of the molecule is CN1C(C2(C)CC2)=CSC1N1C(=O)C=CC1=O. The fraction of sp³-hybridized carbons (Fsp3) is 0.500. The topological polar surface area (TPSA) is 40.6 Å². The van der Waals surface area contributed by atoms with Crippen molar-refractivity contribution < 1.29 is 9.59 Å². The van der Waals surface area contributed by atoms with E-state index in [-0.39, 0.29) is 22.7 Å². The monoisotopic (exact) mass is 250 g/mol. The number of hydrogen-bond acceptors (Lipinski definition) is 4. The molecule has 0 aromatic carbocycles. The van der Waals surface area contributed by atoms with E-state index in [1.807, 2.05) is 7.05 Å². The molecule has 0 bridgehead atoms. The molecular weight excluding hydrogens is 236 g/mol. The summed E-state index contributed by atoms with van der Waals surface area (Å²) in [4.78, 5) is 26.7. The van der Waals surface area contributed by atoms with E-state index in [1.54, 1.807) is 0 Å². The molecule has 1 fully saturated rings. The lowest BCUT2D eigenvalue weighted by atomic mass is 10.1. The van der Waals surface area contributed by atoms with E-state index in [4.69, 9.17) is 0 Å². The van der Waals surface area contributed by atoms with Crippen LogP contribution in [0.3, 0.4) is 0 Å². The van der Waals surface area contributed by atoms with Crippen LogP contribution in [0.15, 0.2) is 23.3 Å². The van der Waals surface area contributed by atoms with Crippen LogP contribution >= 0.6 is 11.8 Å². The van der Waals surface area contributed by atoms with E-state index in [2.05, 4.69) is 17.2 Å². The largest absolute Gasteiger partial charge is 0.348 e. The molecule has 1 aliphatic carbocycles. The lowest BCUT2D eigenvalue weighted by molar-refractivity contribution is -0.139. The number of thioether (sulfide) groups is 1. The van der Waals surface area contributed by atoms with Crippen molar-refractivity contribution in [1.82, 2.24) is 9.80 Å². The minimum Gasteiger partial charge on any atom is -0.348 e. The van der Waals surface area contributed by atoms with Crippen molar-refractivity contribution in [3.63, 3.8) is 0 Å². The minimum atomic E-state index is -0.213. The molecule has 0 radical (unpaired) electrons. The molecule has 90 valence electrons. The molecule has 0 saturated heterocycles. The maximum Gasteiger partial charge on any atom is 0.256 e. The van der Waals surface area contributed by atoms with Gasteiger partial charge in [0.2, 0.25) is 0 Å². The molecule has 5 heteroatoms. The van der Waals surface area contributed by atoms with Crippen LogP contribution in [0.25, 0.3) is 0 Å².